The number of rotatable bonds is 2. The maximum Gasteiger partial charge on any atom is 0.253 e. The minimum atomic E-state index is 0.111. The Morgan fingerprint density at radius 2 is 1.50 bits per heavy atom. The first-order valence-corrected chi connectivity index (χ1v) is 9.42. The highest BCUT2D eigenvalue weighted by molar-refractivity contribution is 5.95. The second kappa shape index (κ2) is 7.32. The summed E-state index contributed by atoms with van der Waals surface area (Å²) in [7, 11) is 0. The molecule has 2 amide bonds. The van der Waals surface area contributed by atoms with Gasteiger partial charge >= 0.3 is 0 Å². The van der Waals surface area contributed by atoms with E-state index in [1.165, 1.54) is 0 Å². The number of benzene rings is 2. The number of amides is 2. The van der Waals surface area contributed by atoms with Crippen LogP contribution in [0.5, 0.6) is 0 Å². The van der Waals surface area contributed by atoms with Gasteiger partial charge < -0.3 is 9.80 Å². The maximum atomic E-state index is 12.8. The molecule has 2 fully saturated rings. The van der Waals surface area contributed by atoms with Gasteiger partial charge in [0.25, 0.3) is 5.91 Å². The summed E-state index contributed by atoms with van der Waals surface area (Å²) in [6, 6.07) is 19.4. The highest BCUT2D eigenvalue weighted by Gasteiger charge is 2.36. The second-order valence-electron chi connectivity index (χ2n) is 7.30. The molecule has 2 unspecified atom stereocenters. The molecule has 2 aromatic carbocycles. The van der Waals surface area contributed by atoms with Crippen molar-refractivity contribution in [2.24, 2.45) is 11.8 Å². The van der Waals surface area contributed by atoms with Crippen LogP contribution in [0.4, 0.5) is 5.69 Å². The molecule has 4 heteroatoms. The van der Waals surface area contributed by atoms with Gasteiger partial charge in [-0.3, -0.25) is 9.59 Å². The molecule has 4 rings (SSSR count). The normalized spacial score (nSPS) is 23.3. The van der Waals surface area contributed by atoms with Crippen LogP contribution in [0.15, 0.2) is 60.7 Å². The summed E-state index contributed by atoms with van der Waals surface area (Å²) in [6.07, 6.45) is 2.45. The van der Waals surface area contributed by atoms with Crippen molar-refractivity contribution >= 4 is 17.5 Å². The lowest BCUT2D eigenvalue weighted by Crippen LogP contribution is -2.43. The molecule has 2 aliphatic rings. The first kappa shape index (κ1) is 16.8. The number of hydrogen-bond donors (Lipinski definition) is 0. The van der Waals surface area contributed by atoms with Crippen molar-refractivity contribution in [1.29, 1.82) is 0 Å². The predicted molar refractivity (Wildman–Crippen MR) is 102 cm³/mol. The van der Waals surface area contributed by atoms with Crippen LogP contribution in [0.2, 0.25) is 0 Å². The van der Waals surface area contributed by atoms with Crippen molar-refractivity contribution in [2.75, 3.05) is 24.5 Å². The molecule has 2 atom stereocenters. The lowest BCUT2D eigenvalue weighted by molar-refractivity contribution is -0.119. The number of para-hydroxylation sites is 1. The number of anilines is 1. The number of nitrogens with zero attached hydrogens (tertiary/aromatic N) is 2. The summed E-state index contributed by atoms with van der Waals surface area (Å²) in [5.41, 5.74) is 1.73. The van der Waals surface area contributed by atoms with Crippen molar-refractivity contribution in [3.8, 4) is 0 Å². The fraction of sp³-hybridized carbons (Fsp3) is 0.364. The molecule has 2 saturated heterocycles. The van der Waals surface area contributed by atoms with E-state index in [-0.39, 0.29) is 11.8 Å². The van der Waals surface area contributed by atoms with Crippen LogP contribution < -0.4 is 4.90 Å². The average molecular weight is 348 g/mol. The minimum absolute atomic E-state index is 0.111. The van der Waals surface area contributed by atoms with Crippen LogP contribution in [-0.2, 0) is 4.79 Å². The molecule has 0 spiro atoms. The highest BCUT2D eigenvalue weighted by atomic mass is 16.2. The molecular weight excluding hydrogens is 324 g/mol. The zero-order valence-corrected chi connectivity index (χ0v) is 14.9. The van der Waals surface area contributed by atoms with E-state index >= 15 is 0 Å². The van der Waals surface area contributed by atoms with Gasteiger partial charge in [-0.05, 0) is 48.9 Å². The Morgan fingerprint density at radius 3 is 2.23 bits per heavy atom. The SMILES string of the molecule is O=C(c1ccccc1)N1CCC2CC(=O)N(c3ccccc3)CCC2C1. The van der Waals surface area contributed by atoms with Crippen LogP contribution in [0, 0.1) is 11.8 Å². The summed E-state index contributed by atoms with van der Waals surface area (Å²) in [4.78, 5) is 29.4. The Hall–Kier alpha value is -2.62. The van der Waals surface area contributed by atoms with Gasteiger partial charge in [0.05, 0.1) is 0 Å². The Morgan fingerprint density at radius 1 is 0.846 bits per heavy atom. The van der Waals surface area contributed by atoms with Gasteiger partial charge in [-0.25, -0.2) is 0 Å². The summed E-state index contributed by atoms with van der Waals surface area (Å²) < 4.78 is 0. The quantitative estimate of drug-likeness (QED) is 0.832. The van der Waals surface area contributed by atoms with Gasteiger partial charge in [0.15, 0.2) is 0 Å². The zero-order chi connectivity index (χ0) is 17.9. The third-order valence-corrected chi connectivity index (χ3v) is 5.73. The number of piperidine rings is 1. The summed E-state index contributed by atoms with van der Waals surface area (Å²) in [5, 5.41) is 0. The summed E-state index contributed by atoms with van der Waals surface area (Å²) in [6.45, 7) is 2.24. The van der Waals surface area contributed by atoms with E-state index in [1.54, 1.807) is 0 Å². The minimum Gasteiger partial charge on any atom is -0.338 e. The van der Waals surface area contributed by atoms with E-state index in [4.69, 9.17) is 0 Å². The molecule has 0 radical (unpaired) electrons. The lowest BCUT2D eigenvalue weighted by atomic mass is 9.82. The molecule has 2 aliphatic heterocycles. The molecule has 134 valence electrons. The van der Waals surface area contributed by atoms with Crippen LogP contribution in [-0.4, -0.2) is 36.3 Å². The molecular formula is C22H24N2O2. The van der Waals surface area contributed by atoms with Crippen molar-refractivity contribution in [3.63, 3.8) is 0 Å². The fourth-order valence-corrected chi connectivity index (χ4v) is 4.26. The average Bonchev–Trinajstić information content (AvgIpc) is 2.86. The third-order valence-electron chi connectivity index (χ3n) is 5.73. The van der Waals surface area contributed by atoms with Crippen molar-refractivity contribution in [1.82, 2.24) is 4.90 Å². The first-order valence-electron chi connectivity index (χ1n) is 9.42. The fourth-order valence-electron chi connectivity index (χ4n) is 4.26. The van der Waals surface area contributed by atoms with E-state index < -0.39 is 0 Å². The molecule has 0 N–H and O–H groups in total. The molecule has 0 saturated carbocycles. The van der Waals surface area contributed by atoms with E-state index in [9.17, 15) is 9.59 Å². The van der Waals surface area contributed by atoms with Crippen molar-refractivity contribution in [3.05, 3.63) is 66.2 Å². The van der Waals surface area contributed by atoms with Crippen LogP contribution >= 0.6 is 0 Å². The van der Waals surface area contributed by atoms with Gasteiger partial charge in [-0.15, -0.1) is 0 Å². The Kier molecular flexibility index (Phi) is 4.74. The predicted octanol–water partition coefficient (Wildman–Crippen LogP) is 3.59. The molecule has 0 aliphatic carbocycles. The Labute approximate surface area is 154 Å². The van der Waals surface area contributed by atoms with E-state index in [0.29, 0.717) is 18.3 Å². The van der Waals surface area contributed by atoms with Crippen LogP contribution in [0.25, 0.3) is 0 Å². The van der Waals surface area contributed by atoms with Gasteiger partial charge in [-0.1, -0.05) is 36.4 Å². The summed E-state index contributed by atoms with van der Waals surface area (Å²) in [5.74, 6) is 1.11. The first-order chi connectivity index (χ1) is 12.7. The lowest BCUT2D eigenvalue weighted by Gasteiger charge is -2.37. The standard InChI is InChI=1S/C22H24N2O2/c25-21-15-18-11-13-23(22(26)17-7-3-1-4-8-17)16-19(18)12-14-24(21)20-9-5-2-6-10-20/h1-10,18-19H,11-16H2. The van der Waals surface area contributed by atoms with E-state index in [0.717, 1.165) is 43.7 Å². The van der Waals surface area contributed by atoms with Gasteiger partial charge in [0, 0.05) is 37.3 Å². The molecule has 0 aromatic heterocycles. The third kappa shape index (κ3) is 3.36. The molecule has 2 aromatic rings. The van der Waals surface area contributed by atoms with E-state index in [2.05, 4.69) is 0 Å². The van der Waals surface area contributed by atoms with E-state index in [1.807, 2.05) is 70.5 Å². The second-order valence-corrected chi connectivity index (χ2v) is 7.30. The van der Waals surface area contributed by atoms with Gasteiger partial charge in [-0.2, -0.15) is 0 Å². The van der Waals surface area contributed by atoms with Gasteiger partial charge in [0.2, 0.25) is 5.91 Å². The maximum absolute atomic E-state index is 12.8. The monoisotopic (exact) mass is 348 g/mol. The number of carbonyl (C=O) groups excluding carboxylic acids is 2. The van der Waals surface area contributed by atoms with Crippen molar-refractivity contribution < 1.29 is 9.59 Å². The number of hydrogen-bond acceptors (Lipinski definition) is 2. The van der Waals surface area contributed by atoms with Crippen molar-refractivity contribution in [2.45, 2.75) is 19.3 Å². The Balaban J connectivity index is 1.47. The number of fused-ring (bicyclic) bond motifs is 1. The largest absolute Gasteiger partial charge is 0.338 e. The zero-order valence-electron chi connectivity index (χ0n) is 14.9. The van der Waals surface area contributed by atoms with Crippen LogP contribution in [0.1, 0.15) is 29.6 Å². The number of carbonyl (C=O) groups is 2. The molecule has 4 nitrogen and oxygen atoms in total. The molecule has 0 bridgehead atoms. The highest BCUT2D eigenvalue weighted by Crippen LogP contribution is 2.34. The molecule has 2 heterocycles. The Bertz CT molecular complexity index is 775. The topological polar surface area (TPSA) is 40.6 Å². The summed E-state index contributed by atoms with van der Waals surface area (Å²) >= 11 is 0. The smallest absolute Gasteiger partial charge is 0.253 e. The van der Waals surface area contributed by atoms with Crippen LogP contribution in [0.3, 0.4) is 0 Å². The number of likely N-dealkylation sites (tertiary alicyclic amines) is 1. The van der Waals surface area contributed by atoms with Gasteiger partial charge in [0.1, 0.15) is 0 Å². The molecule has 26 heavy (non-hydrogen) atoms.